The summed E-state index contributed by atoms with van der Waals surface area (Å²) in [6, 6.07) is 22.3. The van der Waals surface area contributed by atoms with E-state index in [2.05, 4.69) is 108 Å². The van der Waals surface area contributed by atoms with Crippen LogP contribution in [0.1, 0.15) is 247 Å². The third-order valence-corrected chi connectivity index (χ3v) is 31.6. The maximum atomic E-state index is 13.8. The maximum absolute atomic E-state index is 13.8. The zero-order valence-electron chi connectivity index (χ0n) is 88.7. The number of ether oxygens (including phenoxy) is 6. The van der Waals surface area contributed by atoms with Crippen LogP contribution in [-0.2, 0) is 42.9 Å². The van der Waals surface area contributed by atoms with Gasteiger partial charge < -0.3 is 121 Å². The first kappa shape index (κ1) is 115. The zero-order chi connectivity index (χ0) is 106. The van der Waals surface area contributed by atoms with Gasteiger partial charge in [0.2, 0.25) is 47.2 Å². The highest BCUT2D eigenvalue weighted by atomic mass is 16.5. The van der Waals surface area contributed by atoms with E-state index in [0.29, 0.717) is 222 Å². The summed E-state index contributed by atoms with van der Waals surface area (Å²) in [7, 11) is 9.77. The van der Waals surface area contributed by atoms with E-state index >= 15 is 0 Å². The number of carbonyl (C=O) groups excluding carboxylic acids is 6. The summed E-state index contributed by atoms with van der Waals surface area (Å²) in [6.07, 6.45) is 30.2. The monoisotopic (exact) mass is 2050 g/mol. The van der Waals surface area contributed by atoms with Crippen molar-refractivity contribution in [1.29, 1.82) is 21.0 Å². The summed E-state index contributed by atoms with van der Waals surface area (Å²) in [5.41, 5.74) is 8.86. The molecule has 8 saturated heterocycles. The van der Waals surface area contributed by atoms with E-state index in [1.54, 1.807) is 38.3 Å². The molecule has 6 atom stereocenters. The van der Waals surface area contributed by atoms with E-state index in [9.17, 15) is 59.7 Å². The third-order valence-electron chi connectivity index (χ3n) is 31.6. The van der Waals surface area contributed by atoms with Crippen molar-refractivity contribution >= 4 is 82.8 Å². The predicted octanol–water partition coefficient (Wildman–Crippen LogP) is 9.92. The SMILES string of the molecule is CCOC(=O)N=C(NC(CC1CCCCC1)C(=O)NC1(C#N)CCN(C)CC1)N1CC(C)OC(C)C1.CN1CCC(C#N)(NC(=O)C(CC2CCCCC2)N=C(Nc2ccc(C(N)=O)cc2)N2CCOCC2)CC1.CN1CCC(C#N)(NC(=O)C(CC2CCCCC2)N=C(Nc2ncc(C(=O)O)o2)N2CCOCC2)CC1.COc1ccc(N=C(NC(CC2CCCCC2)(C(N)=O)C2(C#N)CCN(C)CC2)N2CCOCC2)cc1. The number of anilines is 2. The van der Waals surface area contributed by atoms with Gasteiger partial charge in [-0.2, -0.15) is 21.0 Å². The Kier molecular flexibility index (Phi) is 44.3. The zero-order valence-corrected chi connectivity index (χ0v) is 88.7. The standard InChI is InChI=1S/C28H41N7O3.C28H42N6O3.C26H44N6O4.C25H37N7O5/c1-34-13-11-28(20-29,12-14-34)33-26(37)24(19-21-5-3-2-4-6-21)32-27(35-15-17-38-18-16-35)31-23-9-7-22(8-10-23)25(30)36;1-33-14-12-27(21-29,13-15-33)28(25(30)35,20-22-6-4-3-5-7-22)32-26(34-16-18-37-19-17-34)31-23-8-10-24(36-2)11-9-23;1-5-35-25(34)29-24(32-16-19(2)36-20(3)17-32)28-22(15-21-9-7-6-8-10-21)23(33)30-26(18-27)11-13-31(4)14-12-26;1-31-9-7-25(17-26,8-10-31)30-21(33)19(15-18-5-3-2-4-6-18)28-23(32-11-13-36-14-12-32)29-24-27-16-20(37-24)22(34)35/h7-10,21,24H,2-6,11-19H2,1H3,(H2,30,36)(H,31,32)(H,33,37);8-11,22H,3-7,12-20H2,1-2H3,(H2,30,35)(H,31,32);19-22H,5-17H2,1-4H3,(H,30,33)(H,28,29,34);16,18-19H,2-15H2,1H3,(H,30,33)(H,34,35)(H,27,28,29). The molecule has 4 saturated carbocycles. The molecular formula is C107H164N26O15. The van der Waals surface area contributed by atoms with Crippen LogP contribution in [0.2, 0.25) is 0 Å². The van der Waals surface area contributed by atoms with Crippen LogP contribution in [0.4, 0.5) is 22.2 Å². The first-order valence-corrected chi connectivity index (χ1v) is 54.2. The molecule has 3 aromatic rings. The van der Waals surface area contributed by atoms with Gasteiger partial charge in [0, 0.05) is 103 Å². The Morgan fingerprint density at radius 2 is 0.912 bits per heavy atom. The van der Waals surface area contributed by atoms with E-state index in [1.165, 1.54) is 38.5 Å². The van der Waals surface area contributed by atoms with Crippen molar-refractivity contribution in [3.05, 3.63) is 66.1 Å². The Hall–Kier alpha value is -11.5. The molecular weight excluding hydrogens is 1890 g/mol. The number of benzene rings is 2. The van der Waals surface area contributed by atoms with Crippen molar-refractivity contribution in [2.24, 2.45) is 60.5 Å². The minimum atomic E-state index is -1.23. The summed E-state index contributed by atoms with van der Waals surface area (Å²) >= 11 is 0. The Balaban J connectivity index is 0.000000175. The molecule has 812 valence electrons. The molecule has 0 spiro atoms. The molecule has 41 heteroatoms. The van der Waals surface area contributed by atoms with Gasteiger partial charge in [-0.15, -0.1) is 4.99 Å². The summed E-state index contributed by atoms with van der Waals surface area (Å²) in [5, 5.41) is 72.5. The van der Waals surface area contributed by atoms with Crippen LogP contribution < -0.4 is 53.4 Å². The van der Waals surface area contributed by atoms with Crippen LogP contribution in [0, 0.1) is 74.4 Å². The van der Waals surface area contributed by atoms with Crippen LogP contribution >= 0.6 is 0 Å². The van der Waals surface area contributed by atoms with E-state index in [4.69, 9.17) is 59.3 Å². The molecule has 148 heavy (non-hydrogen) atoms. The molecule has 4 aliphatic carbocycles. The summed E-state index contributed by atoms with van der Waals surface area (Å²) in [6.45, 7) is 20.0. The number of carbonyl (C=O) groups is 7. The second-order valence-corrected chi connectivity index (χ2v) is 42.7. The number of oxazole rings is 1. The number of nitrogens with one attached hydrogen (secondary N) is 7. The molecule has 12 fully saturated rings. The van der Waals surface area contributed by atoms with Crippen LogP contribution in [0.25, 0.3) is 0 Å². The van der Waals surface area contributed by atoms with Gasteiger partial charge in [0.25, 0.3) is 0 Å². The number of morpholine rings is 4. The average molecular weight is 2050 g/mol. The summed E-state index contributed by atoms with van der Waals surface area (Å²) in [5.74, 6) is 1.08. The van der Waals surface area contributed by atoms with E-state index in [0.717, 1.165) is 166 Å². The smallest absolute Gasteiger partial charge is 0.436 e. The van der Waals surface area contributed by atoms with Crippen LogP contribution in [-0.4, -0.2) is 353 Å². The average Bonchev–Trinajstić information content (AvgIpc) is 0.739. The lowest BCUT2D eigenvalue weighted by Gasteiger charge is -2.51. The Morgan fingerprint density at radius 3 is 1.30 bits per heavy atom. The van der Waals surface area contributed by atoms with E-state index in [1.807, 2.05) is 69.1 Å². The molecule has 8 aliphatic heterocycles. The summed E-state index contributed by atoms with van der Waals surface area (Å²) < 4.78 is 38.2. The van der Waals surface area contributed by atoms with E-state index < -0.39 is 69.6 Å². The van der Waals surface area contributed by atoms with Gasteiger partial charge in [-0.25, -0.2) is 29.6 Å². The van der Waals surface area contributed by atoms with Gasteiger partial charge in [0.1, 0.15) is 46.0 Å². The minimum absolute atomic E-state index is 0.0109. The molecule has 41 nitrogen and oxygen atoms in total. The number of rotatable bonds is 27. The number of primary amides is 2. The number of amides is 6. The largest absolute Gasteiger partial charge is 0.497 e. The third kappa shape index (κ3) is 33.7. The molecule has 9 heterocycles. The lowest BCUT2D eigenvalue weighted by atomic mass is 9.60. The highest BCUT2D eigenvalue weighted by molar-refractivity contribution is 5.99. The number of aliphatic imine (C=N–C) groups is 4. The van der Waals surface area contributed by atoms with Crippen LogP contribution in [0.5, 0.6) is 5.75 Å². The second-order valence-electron chi connectivity index (χ2n) is 42.7. The van der Waals surface area contributed by atoms with Crippen LogP contribution in [0.15, 0.2) is 79.1 Å². The fraction of sp³-hybridized carbons (Fsp3) is 0.720. The number of piperidine rings is 4. The van der Waals surface area contributed by atoms with E-state index in [-0.39, 0.29) is 48.3 Å². The van der Waals surface area contributed by atoms with Crippen molar-refractivity contribution in [2.75, 3.05) is 197 Å². The lowest BCUT2D eigenvalue weighted by molar-refractivity contribution is -0.131. The molecule has 0 bridgehead atoms. The first-order valence-electron chi connectivity index (χ1n) is 54.2. The van der Waals surface area contributed by atoms with Gasteiger partial charge in [-0.1, -0.05) is 128 Å². The second kappa shape index (κ2) is 56.9. The maximum Gasteiger partial charge on any atom is 0.436 e. The normalized spacial score (nSPS) is 23.4. The minimum Gasteiger partial charge on any atom is -0.497 e. The number of likely N-dealkylation sites (tertiary alicyclic amines) is 4. The van der Waals surface area contributed by atoms with Crippen molar-refractivity contribution in [3.63, 3.8) is 0 Å². The number of aromatic nitrogens is 1. The van der Waals surface area contributed by atoms with Gasteiger partial charge in [0.15, 0.2) is 11.9 Å². The van der Waals surface area contributed by atoms with Gasteiger partial charge in [-0.3, -0.25) is 29.3 Å². The van der Waals surface area contributed by atoms with Crippen molar-refractivity contribution < 1.29 is 71.5 Å². The Morgan fingerprint density at radius 1 is 0.507 bits per heavy atom. The van der Waals surface area contributed by atoms with Gasteiger partial charge >= 0.3 is 18.1 Å². The summed E-state index contributed by atoms with van der Waals surface area (Å²) in [4.78, 5) is 130. The molecule has 15 rings (SSSR count). The topological polar surface area (TPSA) is 528 Å². The lowest BCUT2D eigenvalue weighted by Crippen LogP contribution is -2.71. The Labute approximate surface area is 873 Å². The fourth-order valence-corrected chi connectivity index (χ4v) is 22.4. The van der Waals surface area contributed by atoms with Crippen molar-refractivity contribution in [2.45, 2.75) is 279 Å². The highest BCUT2D eigenvalue weighted by Crippen LogP contribution is 2.47. The first-order chi connectivity index (χ1) is 71.4. The number of methoxy groups -OCH3 is 1. The highest BCUT2D eigenvalue weighted by Gasteiger charge is 2.59. The number of carboxylic acids is 1. The van der Waals surface area contributed by atoms with Gasteiger partial charge in [-0.05, 0) is 211 Å². The molecule has 6 unspecified atom stereocenters. The molecule has 0 radical (unpaired) electrons. The number of nitrogens with zero attached hydrogens (tertiary/aromatic N) is 17. The number of carboxylic acid groups (broad SMARTS) is 1. The fourth-order valence-electron chi connectivity index (χ4n) is 22.4. The number of nitriles is 4. The van der Waals surface area contributed by atoms with Gasteiger partial charge in [0.05, 0.1) is 107 Å². The number of aromatic carboxylic acids is 1. The molecule has 2 aromatic carbocycles. The number of hydrogen-bond donors (Lipinski definition) is 10. The number of nitrogens with two attached hydrogens (primary N) is 2. The number of hydrogen-bond acceptors (Lipinski definition) is 26. The Bertz CT molecular complexity index is 5030. The van der Waals surface area contributed by atoms with Crippen LogP contribution in [0.3, 0.4) is 0 Å². The molecule has 12 aliphatic rings. The van der Waals surface area contributed by atoms with Crippen molar-refractivity contribution in [1.82, 2.24) is 70.8 Å². The molecule has 6 amide bonds. The predicted molar refractivity (Wildman–Crippen MR) is 563 cm³/mol. The number of guanidine groups is 4. The molecule has 1 aromatic heterocycles. The molecule has 12 N–H and O–H groups in total. The van der Waals surface area contributed by atoms with Crippen molar-refractivity contribution in [3.8, 4) is 30.0 Å². The quantitative estimate of drug-likeness (QED) is 0.0250.